The molecule has 1 aromatic carbocycles. The molecule has 17 heavy (non-hydrogen) atoms. The van der Waals surface area contributed by atoms with Gasteiger partial charge in [-0.1, -0.05) is 43.2 Å². The van der Waals surface area contributed by atoms with Crippen LogP contribution in [0.15, 0.2) is 30.3 Å². The van der Waals surface area contributed by atoms with Crippen molar-refractivity contribution in [2.45, 2.75) is 51.4 Å². The van der Waals surface area contributed by atoms with Crippen molar-refractivity contribution in [3.8, 4) is 0 Å². The molecule has 1 atom stereocenters. The molecule has 1 aromatic rings. The Balaban J connectivity index is 1.64. The van der Waals surface area contributed by atoms with Crippen LogP contribution >= 0.6 is 0 Å². The summed E-state index contributed by atoms with van der Waals surface area (Å²) in [6.07, 6.45) is 9.05. The second kappa shape index (κ2) is 6.58. The largest absolute Gasteiger partial charge is 0.299 e. The Morgan fingerprint density at radius 2 is 1.88 bits per heavy atom. The second-order valence-electron chi connectivity index (χ2n) is 5.14. The molecular formula is C16H22O. The van der Waals surface area contributed by atoms with Crippen molar-refractivity contribution in [2.24, 2.45) is 5.92 Å². The van der Waals surface area contributed by atoms with Gasteiger partial charge in [-0.3, -0.25) is 4.79 Å². The molecule has 0 aliphatic heterocycles. The van der Waals surface area contributed by atoms with Crippen molar-refractivity contribution in [1.82, 2.24) is 0 Å². The molecule has 0 saturated heterocycles. The molecule has 1 aliphatic carbocycles. The molecule has 0 N–H and O–H groups in total. The van der Waals surface area contributed by atoms with E-state index in [1.54, 1.807) is 0 Å². The molecule has 0 bridgehead atoms. The number of carbonyl (C=O) groups is 1. The van der Waals surface area contributed by atoms with E-state index < -0.39 is 0 Å². The third kappa shape index (κ3) is 3.99. The summed E-state index contributed by atoms with van der Waals surface area (Å²) < 4.78 is 0. The van der Waals surface area contributed by atoms with Gasteiger partial charge in [0.2, 0.25) is 0 Å². The molecule has 1 nitrogen and oxygen atoms in total. The zero-order chi connectivity index (χ0) is 11.9. The minimum Gasteiger partial charge on any atom is -0.299 e. The molecule has 0 amide bonds. The minimum atomic E-state index is 0.388. The molecule has 1 fully saturated rings. The van der Waals surface area contributed by atoms with Crippen molar-refractivity contribution in [3.05, 3.63) is 35.9 Å². The lowest BCUT2D eigenvalue weighted by molar-refractivity contribution is -0.124. The van der Waals surface area contributed by atoms with E-state index in [4.69, 9.17) is 0 Å². The number of hydrogen-bond acceptors (Lipinski definition) is 1. The van der Waals surface area contributed by atoms with Crippen LogP contribution in [0.25, 0.3) is 0 Å². The topological polar surface area (TPSA) is 17.1 Å². The molecule has 0 heterocycles. The Morgan fingerprint density at radius 1 is 1.06 bits per heavy atom. The first-order chi connectivity index (χ1) is 8.36. The van der Waals surface area contributed by atoms with Gasteiger partial charge in [-0.15, -0.1) is 0 Å². The van der Waals surface area contributed by atoms with Gasteiger partial charge in [-0.05, 0) is 37.7 Å². The van der Waals surface area contributed by atoms with Crippen molar-refractivity contribution >= 4 is 5.78 Å². The van der Waals surface area contributed by atoms with E-state index in [1.807, 2.05) is 0 Å². The van der Waals surface area contributed by atoms with Crippen LogP contribution in [0.1, 0.15) is 50.5 Å². The van der Waals surface area contributed by atoms with Gasteiger partial charge < -0.3 is 0 Å². The molecule has 92 valence electrons. The van der Waals surface area contributed by atoms with Crippen LogP contribution in [0.4, 0.5) is 0 Å². The summed E-state index contributed by atoms with van der Waals surface area (Å²) in [5.41, 5.74) is 1.42. The molecular weight excluding hydrogens is 208 g/mol. The van der Waals surface area contributed by atoms with Gasteiger partial charge in [0.25, 0.3) is 0 Å². The Hall–Kier alpha value is -1.11. The molecule has 1 saturated carbocycles. The van der Waals surface area contributed by atoms with Gasteiger partial charge in [0.05, 0.1) is 0 Å². The van der Waals surface area contributed by atoms with Crippen molar-refractivity contribution < 1.29 is 4.79 Å². The van der Waals surface area contributed by atoms with Crippen LogP contribution in [0.3, 0.4) is 0 Å². The van der Waals surface area contributed by atoms with E-state index in [0.717, 1.165) is 32.1 Å². The Morgan fingerprint density at radius 3 is 2.65 bits per heavy atom. The predicted octanol–water partition coefficient (Wildman–Crippen LogP) is 4.16. The van der Waals surface area contributed by atoms with Crippen LogP contribution in [-0.2, 0) is 11.2 Å². The molecule has 2 rings (SSSR count). The number of carbonyl (C=O) groups excluding carboxylic acids is 1. The van der Waals surface area contributed by atoms with E-state index in [-0.39, 0.29) is 0 Å². The normalized spacial score (nSPS) is 20.5. The fourth-order valence-electron chi connectivity index (χ4n) is 2.72. The maximum Gasteiger partial charge on any atom is 0.135 e. The average molecular weight is 230 g/mol. The Labute approximate surface area is 104 Å². The highest BCUT2D eigenvalue weighted by Crippen LogP contribution is 2.25. The molecule has 1 unspecified atom stereocenters. The average Bonchev–Trinajstić information content (AvgIpc) is 2.38. The monoisotopic (exact) mass is 230 g/mol. The summed E-state index contributed by atoms with van der Waals surface area (Å²) in [5.74, 6) is 0.912. The van der Waals surface area contributed by atoms with Crippen LogP contribution in [0, 0.1) is 5.92 Å². The Bertz CT molecular complexity index is 342. The summed E-state index contributed by atoms with van der Waals surface area (Å²) in [6.45, 7) is 0. The summed E-state index contributed by atoms with van der Waals surface area (Å²) in [4.78, 5) is 11.7. The number of aryl methyl sites for hydroxylation is 1. The highest BCUT2D eigenvalue weighted by atomic mass is 16.1. The maximum absolute atomic E-state index is 11.7. The van der Waals surface area contributed by atoms with Crippen molar-refractivity contribution in [1.29, 1.82) is 0 Å². The Kier molecular flexibility index (Phi) is 4.78. The van der Waals surface area contributed by atoms with Crippen LogP contribution in [-0.4, -0.2) is 5.78 Å². The first kappa shape index (κ1) is 12.3. The molecule has 0 radical (unpaired) electrons. The summed E-state index contributed by atoms with van der Waals surface area (Å²) in [5, 5.41) is 0. The molecule has 1 heteroatoms. The van der Waals surface area contributed by atoms with Crippen molar-refractivity contribution in [3.63, 3.8) is 0 Å². The zero-order valence-corrected chi connectivity index (χ0v) is 10.5. The van der Waals surface area contributed by atoms with Gasteiger partial charge in [-0.2, -0.15) is 0 Å². The number of ketones is 1. The van der Waals surface area contributed by atoms with Gasteiger partial charge in [0.1, 0.15) is 5.78 Å². The molecule has 0 spiro atoms. The van der Waals surface area contributed by atoms with E-state index in [1.165, 1.54) is 24.8 Å². The number of rotatable bonds is 5. The highest BCUT2D eigenvalue weighted by Gasteiger charge is 2.21. The van der Waals surface area contributed by atoms with E-state index >= 15 is 0 Å². The lowest BCUT2D eigenvalue weighted by Gasteiger charge is -2.20. The van der Waals surface area contributed by atoms with Gasteiger partial charge in [-0.25, -0.2) is 0 Å². The summed E-state index contributed by atoms with van der Waals surface area (Å²) in [7, 11) is 0. The number of hydrogen-bond donors (Lipinski definition) is 0. The quantitative estimate of drug-likeness (QED) is 0.694. The summed E-state index contributed by atoms with van der Waals surface area (Å²) >= 11 is 0. The van der Waals surface area contributed by atoms with Crippen LogP contribution in [0.2, 0.25) is 0 Å². The number of Topliss-reactive ketones (excluding diaryl/α,β-unsaturated/α-hetero) is 1. The highest BCUT2D eigenvalue weighted by molar-refractivity contribution is 5.81. The predicted molar refractivity (Wildman–Crippen MR) is 71.0 cm³/mol. The third-order valence-electron chi connectivity index (χ3n) is 3.79. The van der Waals surface area contributed by atoms with Crippen LogP contribution < -0.4 is 0 Å². The van der Waals surface area contributed by atoms with Gasteiger partial charge in [0, 0.05) is 12.3 Å². The standard InChI is InChI=1S/C16H22O/c17-16-13-7-6-12-15(16)11-5-4-10-14-8-2-1-3-9-14/h1-3,8-9,15H,4-7,10-13H2. The maximum atomic E-state index is 11.7. The lowest BCUT2D eigenvalue weighted by Crippen LogP contribution is -2.18. The van der Waals surface area contributed by atoms with Crippen molar-refractivity contribution in [2.75, 3.05) is 0 Å². The first-order valence-electron chi connectivity index (χ1n) is 6.93. The van der Waals surface area contributed by atoms with Crippen LogP contribution in [0.5, 0.6) is 0 Å². The second-order valence-corrected chi connectivity index (χ2v) is 5.14. The summed E-state index contributed by atoms with van der Waals surface area (Å²) in [6, 6.07) is 10.6. The zero-order valence-electron chi connectivity index (χ0n) is 10.5. The van der Waals surface area contributed by atoms with E-state index in [2.05, 4.69) is 30.3 Å². The van der Waals surface area contributed by atoms with Gasteiger partial charge >= 0.3 is 0 Å². The lowest BCUT2D eigenvalue weighted by atomic mass is 9.84. The van der Waals surface area contributed by atoms with E-state index in [0.29, 0.717) is 11.7 Å². The third-order valence-corrected chi connectivity index (χ3v) is 3.79. The number of benzene rings is 1. The molecule has 0 aromatic heterocycles. The fraction of sp³-hybridized carbons (Fsp3) is 0.562. The first-order valence-corrected chi connectivity index (χ1v) is 6.93. The van der Waals surface area contributed by atoms with E-state index in [9.17, 15) is 4.79 Å². The molecule has 1 aliphatic rings. The SMILES string of the molecule is O=C1CCCCC1CCCCc1ccccc1. The fourth-order valence-corrected chi connectivity index (χ4v) is 2.72. The smallest absolute Gasteiger partial charge is 0.135 e. The minimum absolute atomic E-state index is 0.388. The van der Waals surface area contributed by atoms with Gasteiger partial charge in [0.15, 0.2) is 0 Å². The number of unbranched alkanes of at least 4 members (excludes halogenated alkanes) is 1.